The predicted molar refractivity (Wildman–Crippen MR) is 62.8 cm³/mol. The van der Waals surface area contributed by atoms with Crippen LogP contribution in [0.3, 0.4) is 0 Å². The van der Waals surface area contributed by atoms with Crippen LogP contribution in [-0.2, 0) is 9.53 Å². The topological polar surface area (TPSA) is 38.3 Å². The van der Waals surface area contributed by atoms with E-state index in [0.717, 1.165) is 25.9 Å². The van der Waals surface area contributed by atoms with E-state index >= 15 is 0 Å². The summed E-state index contributed by atoms with van der Waals surface area (Å²) in [4.78, 5) is 11.2. The lowest BCUT2D eigenvalue weighted by atomic mass is 10.2. The van der Waals surface area contributed by atoms with Gasteiger partial charge in [-0.3, -0.25) is 4.79 Å². The molecule has 0 aliphatic heterocycles. The van der Waals surface area contributed by atoms with Crippen molar-refractivity contribution < 1.29 is 9.53 Å². The van der Waals surface area contributed by atoms with E-state index in [1.54, 1.807) is 6.92 Å². The minimum absolute atomic E-state index is 0.0902. The first-order chi connectivity index (χ1) is 7.11. The van der Waals surface area contributed by atoms with E-state index in [-0.39, 0.29) is 12.0 Å². The molecule has 1 amide bonds. The van der Waals surface area contributed by atoms with Crippen LogP contribution < -0.4 is 5.32 Å². The van der Waals surface area contributed by atoms with Crippen LogP contribution in [0.15, 0.2) is 12.2 Å². The van der Waals surface area contributed by atoms with Gasteiger partial charge in [0.05, 0.1) is 6.10 Å². The molecule has 3 nitrogen and oxygen atoms in total. The Labute approximate surface area is 92.9 Å². The van der Waals surface area contributed by atoms with E-state index in [0.29, 0.717) is 12.1 Å². The fourth-order valence-electron chi connectivity index (χ4n) is 1.07. The van der Waals surface area contributed by atoms with Gasteiger partial charge in [-0.25, -0.2) is 0 Å². The number of nitrogens with one attached hydrogen (secondary N) is 1. The molecular weight excluding hydrogens is 190 g/mol. The molecule has 0 bridgehead atoms. The average molecular weight is 213 g/mol. The highest BCUT2D eigenvalue weighted by Crippen LogP contribution is 1.99. The Balaban J connectivity index is 3.69. The number of amides is 1. The fourth-order valence-corrected chi connectivity index (χ4v) is 1.07. The molecule has 0 radical (unpaired) electrons. The zero-order chi connectivity index (χ0) is 11.7. The molecular formula is C12H23NO2. The van der Waals surface area contributed by atoms with Gasteiger partial charge in [-0.1, -0.05) is 26.8 Å². The standard InChI is InChI=1S/C12H23NO2/c1-5-7-8-15-11(6-2)9-13-12(14)10(3)4/h11H,3,5-9H2,1-2,4H3,(H,13,14). The SMILES string of the molecule is C=C(C)C(=O)NCC(CC)OCCCC. The highest BCUT2D eigenvalue weighted by atomic mass is 16.5. The summed E-state index contributed by atoms with van der Waals surface area (Å²) in [6.45, 7) is 10.8. The third-order valence-electron chi connectivity index (χ3n) is 2.18. The number of carbonyl (C=O) groups is 1. The lowest BCUT2D eigenvalue weighted by Crippen LogP contribution is -2.33. The van der Waals surface area contributed by atoms with Crippen LogP contribution in [0.4, 0.5) is 0 Å². The van der Waals surface area contributed by atoms with E-state index in [1.807, 2.05) is 0 Å². The van der Waals surface area contributed by atoms with Gasteiger partial charge in [0.25, 0.3) is 0 Å². The van der Waals surface area contributed by atoms with Gasteiger partial charge in [-0.15, -0.1) is 0 Å². The molecule has 0 spiro atoms. The van der Waals surface area contributed by atoms with Gasteiger partial charge in [0.15, 0.2) is 0 Å². The Morgan fingerprint density at radius 1 is 1.47 bits per heavy atom. The van der Waals surface area contributed by atoms with Crippen LogP contribution >= 0.6 is 0 Å². The summed E-state index contributed by atoms with van der Waals surface area (Å²) in [6, 6.07) is 0. The van der Waals surface area contributed by atoms with Gasteiger partial charge in [0.1, 0.15) is 0 Å². The summed E-state index contributed by atoms with van der Waals surface area (Å²) in [6.07, 6.45) is 3.25. The molecule has 0 aromatic carbocycles. The smallest absolute Gasteiger partial charge is 0.246 e. The first-order valence-corrected chi connectivity index (χ1v) is 5.67. The van der Waals surface area contributed by atoms with Crippen molar-refractivity contribution in [3.8, 4) is 0 Å². The third kappa shape index (κ3) is 7.14. The number of rotatable bonds is 8. The van der Waals surface area contributed by atoms with Crippen LogP contribution in [-0.4, -0.2) is 25.2 Å². The maximum Gasteiger partial charge on any atom is 0.246 e. The van der Waals surface area contributed by atoms with Gasteiger partial charge < -0.3 is 10.1 Å². The minimum Gasteiger partial charge on any atom is -0.376 e. The van der Waals surface area contributed by atoms with E-state index in [2.05, 4.69) is 25.7 Å². The molecule has 3 heteroatoms. The molecule has 88 valence electrons. The van der Waals surface area contributed by atoms with Crippen molar-refractivity contribution in [2.45, 2.75) is 46.1 Å². The maximum atomic E-state index is 11.2. The summed E-state index contributed by atoms with van der Waals surface area (Å²) in [5.41, 5.74) is 0.540. The molecule has 0 heterocycles. The van der Waals surface area contributed by atoms with Crippen molar-refractivity contribution in [1.29, 1.82) is 0 Å². The quantitative estimate of drug-likeness (QED) is 0.496. The van der Waals surface area contributed by atoms with Crippen LogP contribution in [0.2, 0.25) is 0 Å². The summed E-state index contributed by atoms with van der Waals surface area (Å²) >= 11 is 0. The van der Waals surface area contributed by atoms with Crippen molar-refractivity contribution >= 4 is 5.91 Å². The van der Waals surface area contributed by atoms with Crippen LogP contribution in [0.1, 0.15) is 40.0 Å². The van der Waals surface area contributed by atoms with Gasteiger partial charge in [-0.2, -0.15) is 0 Å². The second-order valence-electron chi connectivity index (χ2n) is 3.74. The zero-order valence-corrected chi connectivity index (χ0v) is 10.1. The Hall–Kier alpha value is -0.830. The molecule has 0 aliphatic rings. The van der Waals surface area contributed by atoms with Gasteiger partial charge >= 0.3 is 0 Å². The van der Waals surface area contributed by atoms with Gasteiger partial charge in [-0.05, 0) is 19.8 Å². The largest absolute Gasteiger partial charge is 0.376 e. The van der Waals surface area contributed by atoms with E-state index in [1.165, 1.54) is 0 Å². The molecule has 0 aliphatic carbocycles. The van der Waals surface area contributed by atoms with Crippen molar-refractivity contribution in [2.24, 2.45) is 0 Å². The molecule has 1 atom stereocenters. The van der Waals surface area contributed by atoms with Crippen molar-refractivity contribution in [3.05, 3.63) is 12.2 Å². The molecule has 15 heavy (non-hydrogen) atoms. The van der Waals surface area contributed by atoms with Crippen molar-refractivity contribution in [1.82, 2.24) is 5.32 Å². The molecule has 0 saturated carbocycles. The molecule has 1 N–H and O–H groups in total. The number of hydrogen-bond donors (Lipinski definition) is 1. The van der Waals surface area contributed by atoms with Gasteiger partial charge in [0.2, 0.25) is 5.91 Å². The Bertz CT molecular complexity index is 202. The first-order valence-electron chi connectivity index (χ1n) is 5.67. The molecule has 0 aromatic rings. The lowest BCUT2D eigenvalue weighted by molar-refractivity contribution is -0.118. The molecule has 0 fully saturated rings. The molecule has 0 saturated heterocycles. The average Bonchev–Trinajstić information content (AvgIpc) is 2.22. The second kappa shape index (κ2) is 8.48. The maximum absolute atomic E-state index is 11.2. The summed E-state index contributed by atoms with van der Waals surface area (Å²) in [5, 5.41) is 2.80. The van der Waals surface area contributed by atoms with E-state index in [4.69, 9.17) is 4.74 Å². The summed E-state index contributed by atoms with van der Waals surface area (Å²) in [5.74, 6) is -0.0902. The van der Waals surface area contributed by atoms with Crippen molar-refractivity contribution in [3.63, 3.8) is 0 Å². The highest BCUT2D eigenvalue weighted by Gasteiger charge is 2.08. The second-order valence-corrected chi connectivity index (χ2v) is 3.74. The number of carbonyl (C=O) groups excluding carboxylic acids is 1. The first kappa shape index (κ1) is 14.2. The zero-order valence-electron chi connectivity index (χ0n) is 10.1. The highest BCUT2D eigenvalue weighted by molar-refractivity contribution is 5.92. The molecule has 0 aromatic heterocycles. The Morgan fingerprint density at radius 2 is 2.13 bits per heavy atom. The number of hydrogen-bond acceptors (Lipinski definition) is 2. The summed E-state index contributed by atoms with van der Waals surface area (Å²) < 4.78 is 5.62. The van der Waals surface area contributed by atoms with E-state index in [9.17, 15) is 4.79 Å². The molecule has 0 rings (SSSR count). The van der Waals surface area contributed by atoms with Crippen LogP contribution in [0, 0.1) is 0 Å². The number of ether oxygens (including phenoxy) is 1. The van der Waals surface area contributed by atoms with Gasteiger partial charge in [0, 0.05) is 18.7 Å². The summed E-state index contributed by atoms with van der Waals surface area (Å²) in [7, 11) is 0. The lowest BCUT2D eigenvalue weighted by Gasteiger charge is -2.16. The monoisotopic (exact) mass is 213 g/mol. The third-order valence-corrected chi connectivity index (χ3v) is 2.18. The fraction of sp³-hybridized carbons (Fsp3) is 0.750. The van der Waals surface area contributed by atoms with Crippen LogP contribution in [0.5, 0.6) is 0 Å². The minimum atomic E-state index is -0.0902. The normalized spacial score (nSPS) is 12.2. The molecule has 1 unspecified atom stereocenters. The van der Waals surface area contributed by atoms with Crippen LogP contribution in [0.25, 0.3) is 0 Å². The Morgan fingerprint density at radius 3 is 2.60 bits per heavy atom. The predicted octanol–water partition coefficient (Wildman–Crippen LogP) is 2.27. The Kier molecular flexibility index (Phi) is 8.01. The number of unbranched alkanes of at least 4 members (excludes halogenated alkanes) is 1. The van der Waals surface area contributed by atoms with Crippen molar-refractivity contribution in [2.75, 3.05) is 13.2 Å². The van der Waals surface area contributed by atoms with E-state index < -0.39 is 0 Å².